The number of aromatic nitrogens is 2. The zero-order valence-corrected chi connectivity index (χ0v) is 11.3. The Morgan fingerprint density at radius 3 is 2.80 bits per heavy atom. The standard InChI is InChI=1S/C16H16FN3/c1-12(14-6-2-3-7-15(14)17)18-10-13-11-20-9-5-4-8-16(20)19-13/h2-9,11-12,18H,10H2,1H3/t12-/m1/s1. The molecule has 3 rings (SSSR count). The van der Waals surface area contributed by atoms with Gasteiger partial charge in [0.1, 0.15) is 11.5 Å². The molecular weight excluding hydrogens is 253 g/mol. The Bertz CT molecular complexity index is 687. The number of rotatable bonds is 4. The molecule has 0 fully saturated rings. The summed E-state index contributed by atoms with van der Waals surface area (Å²) in [6.45, 7) is 2.56. The van der Waals surface area contributed by atoms with Gasteiger partial charge in [-0.1, -0.05) is 24.3 Å². The Labute approximate surface area is 117 Å². The number of fused-ring (bicyclic) bond motifs is 1. The van der Waals surface area contributed by atoms with Crippen LogP contribution in [0.1, 0.15) is 24.2 Å². The van der Waals surface area contributed by atoms with Crippen LogP contribution < -0.4 is 5.32 Å². The van der Waals surface area contributed by atoms with Crippen molar-refractivity contribution in [3.63, 3.8) is 0 Å². The fourth-order valence-electron chi connectivity index (χ4n) is 2.27. The van der Waals surface area contributed by atoms with Crippen molar-refractivity contribution >= 4 is 5.65 Å². The Morgan fingerprint density at radius 2 is 2.00 bits per heavy atom. The summed E-state index contributed by atoms with van der Waals surface area (Å²) in [5, 5.41) is 3.30. The van der Waals surface area contributed by atoms with E-state index in [0.29, 0.717) is 12.1 Å². The maximum Gasteiger partial charge on any atom is 0.137 e. The van der Waals surface area contributed by atoms with Gasteiger partial charge < -0.3 is 9.72 Å². The number of pyridine rings is 1. The van der Waals surface area contributed by atoms with E-state index in [-0.39, 0.29) is 11.9 Å². The van der Waals surface area contributed by atoms with Crippen LogP contribution in [0.3, 0.4) is 0 Å². The highest BCUT2D eigenvalue weighted by molar-refractivity contribution is 5.39. The van der Waals surface area contributed by atoms with Crippen molar-refractivity contribution in [1.82, 2.24) is 14.7 Å². The first-order chi connectivity index (χ1) is 9.74. The molecule has 0 aliphatic heterocycles. The molecule has 0 saturated heterocycles. The van der Waals surface area contributed by atoms with Crippen LogP contribution in [0.5, 0.6) is 0 Å². The van der Waals surface area contributed by atoms with Crippen LogP contribution in [-0.2, 0) is 6.54 Å². The Balaban J connectivity index is 1.71. The molecule has 2 aromatic heterocycles. The predicted octanol–water partition coefficient (Wildman–Crippen LogP) is 3.32. The zero-order valence-electron chi connectivity index (χ0n) is 11.3. The number of benzene rings is 1. The minimum Gasteiger partial charge on any atom is -0.307 e. The smallest absolute Gasteiger partial charge is 0.137 e. The highest BCUT2D eigenvalue weighted by atomic mass is 19.1. The van der Waals surface area contributed by atoms with Gasteiger partial charge in [0.2, 0.25) is 0 Å². The first kappa shape index (κ1) is 12.8. The summed E-state index contributed by atoms with van der Waals surface area (Å²) >= 11 is 0. The average Bonchev–Trinajstić information content (AvgIpc) is 2.88. The SMILES string of the molecule is C[C@@H](NCc1cn2ccccc2n1)c1ccccc1F. The molecule has 0 spiro atoms. The molecule has 0 aliphatic rings. The fraction of sp³-hybridized carbons (Fsp3) is 0.188. The van der Waals surface area contributed by atoms with Gasteiger partial charge in [0.05, 0.1) is 5.69 Å². The number of nitrogens with zero attached hydrogens (tertiary/aromatic N) is 2. The summed E-state index contributed by atoms with van der Waals surface area (Å²) in [6.07, 6.45) is 3.95. The van der Waals surface area contributed by atoms with Gasteiger partial charge in [-0.15, -0.1) is 0 Å². The average molecular weight is 269 g/mol. The van der Waals surface area contributed by atoms with E-state index in [4.69, 9.17) is 0 Å². The quantitative estimate of drug-likeness (QED) is 0.787. The molecule has 2 heterocycles. The number of hydrogen-bond acceptors (Lipinski definition) is 2. The van der Waals surface area contributed by atoms with Gasteiger partial charge in [-0.3, -0.25) is 0 Å². The van der Waals surface area contributed by atoms with E-state index in [2.05, 4.69) is 10.3 Å². The van der Waals surface area contributed by atoms with Crippen molar-refractivity contribution in [3.8, 4) is 0 Å². The molecule has 1 aromatic carbocycles. The van der Waals surface area contributed by atoms with E-state index < -0.39 is 0 Å². The van der Waals surface area contributed by atoms with E-state index in [1.807, 2.05) is 48.0 Å². The third-order valence-corrected chi connectivity index (χ3v) is 3.37. The zero-order chi connectivity index (χ0) is 13.9. The summed E-state index contributed by atoms with van der Waals surface area (Å²) in [5.74, 6) is -0.178. The minimum absolute atomic E-state index is 0.0546. The van der Waals surface area contributed by atoms with Crippen molar-refractivity contribution in [1.29, 1.82) is 0 Å². The summed E-state index contributed by atoms with van der Waals surface area (Å²) in [4.78, 5) is 4.51. The largest absolute Gasteiger partial charge is 0.307 e. The Kier molecular flexibility index (Phi) is 3.48. The van der Waals surface area contributed by atoms with Crippen molar-refractivity contribution in [3.05, 3.63) is 71.9 Å². The number of imidazole rings is 1. The second-order valence-corrected chi connectivity index (χ2v) is 4.82. The molecule has 0 aliphatic carbocycles. The monoisotopic (exact) mass is 269 g/mol. The van der Waals surface area contributed by atoms with Gasteiger partial charge >= 0.3 is 0 Å². The molecule has 0 bridgehead atoms. The van der Waals surface area contributed by atoms with Crippen molar-refractivity contribution < 1.29 is 4.39 Å². The van der Waals surface area contributed by atoms with Gasteiger partial charge in [-0.2, -0.15) is 0 Å². The van der Waals surface area contributed by atoms with Gasteiger partial charge in [-0.25, -0.2) is 9.37 Å². The lowest BCUT2D eigenvalue weighted by Gasteiger charge is -2.13. The van der Waals surface area contributed by atoms with Crippen LogP contribution in [0.25, 0.3) is 5.65 Å². The van der Waals surface area contributed by atoms with Gasteiger partial charge in [0.15, 0.2) is 0 Å². The molecule has 1 N–H and O–H groups in total. The third kappa shape index (κ3) is 2.56. The van der Waals surface area contributed by atoms with Crippen molar-refractivity contribution in [2.75, 3.05) is 0 Å². The van der Waals surface area contributed by atoms with Crippen LogP contribution in [-0.4, -0.2) is 9.38 Å². The lowest BCUT2D eigenvalue weighted by atomic mass is 10.1. The Hall–Kier alpha value is -2.20. The topological polar surface area (TPSA) is 29.3 Å². The van der Waals surface area contributed by atoms with Crippen LogP contribution in [0.4, 0.5) is 4.39 Å². The van der Waals surface area contributed by atoms with E-state index in [1.165, 1.54) is 6.07 Å². The molecule has 4 heteroatoms. The van der Waals surface area contributed by atoms with Crippen LogP contribution in [0.15, 0.2) is 54.9 Å². The van der Waals surface area contributed by atoms with Crippen LogP contribution >= 0.6 is 0 Å². The van der Waals surface area contributed by atoms with E-state index in [1.54, 1.807) is 12.1 Å². The second kappa shape index (κ2) is 5.43. The molecule has 0 saturated carbocycles. The number of hydrogen-bond donors (Lipinski definition) is 1. The number of halogens is 1. The van der Waals surface area contributed by atoms with Gasteiger partial charge in [0.25, 0.3) is 0 Å². The lowest BCUT2D eigenvalue weighted by molar-refractivity contribution is 0.525. The summed E-state index contributed by atoms with van der Waals surface area (Å²) in [7, 11) is 0. The molecule has 0 radical (unpaired) electrons. The minimum atomic E-state index is -0.178. The molecule has 102 valence electrons. The Morgan fingerprint density at radius 1 is 1.20 bits per heavy atom. The third-order valence-electron chi connectivity index (χ3n) is 3.37. The van der Waals surface area contributed by atoms with Crippen molar-refractivity contribution in [2.45, 2.75) is 19.5 Å². The van der Waals surface area contributed by atoms with Crippen LogP contribution in [0, 0.1) is 5.82 Å². The van der Waals surface area contributed by atoms with E-state index in [9.17, 15) is 4.39 Å². The lowest BCUT2D eigenvalue weighted by Crippen LogP contribution is -2.19. The highest BCUT2D eigenvalue weighted by Crippen LogP contribution is 2.16. The first-order valence-electron chi connectivity index (χ1n) is 6.64. The van der Waals surface area contributed by atoms with E-state index >= 15 is 0 Å². The highest BCUT2D eigenvalue weighted by Gasteiger charge is 2.10. The van der Waals surface area contributed by atoms with E-state index in [0.717, 1.165) is 11.3 Å². The molecule has 0 amide bonds. The molecule has 0 unspecified atom stereocenters. The molecule has 1 atom stereocenters. The molecular formula is C16H16FN3. The fourth-order valence-corrected chi connectivity index (χ4v) is 2.27. The summed E-state index contributed by atoms with van der Waals surface area (Å²) in [5.41, 5.74) is 2.54. The maximum atomic E-state index is 13.7. The normalized spacial score (nSPS) is 12.7. The number of nitrogens with one attached hydrogen (secondary N) is 1. The van der Waals surface area contributed by atoms with Crippen LogP contribution in [0.2, 0.25) is 0 Å². The summed E-state index contributed by atoms with van der Waals surface area (Å²) in [6, 6.07) is 12.7. The van der Waals surface area contributed by atoms with Gasteiger partial charge in [-0.05, 0) is 25.1 Å². The maximum absolute atomic E-state index is 13.7. The van der Waals surface area contributed by atoms with Gasteiger partial charge in [0, 0.05) is 30.5 Å². The predicted molar refractivity (Wildman–Crippen MR) is 76.8 cm³/mol. The molecule has 3 nitrogen and oxygen atoms in total. The molecule has 3 aromatic rings. The van der Waals surface area contributed by atoms with Crippen molar-refractivity contribution in [2.24, 2.45) is 0 Å². The summed E-state index contributed by atoms with van der Waals surface area (Å²) < 4.78 is 15.7. The second-order valence-electron chi connectivity index (χ2n) is 4.82. The molecule has 20 heavy (non-hydrogen) atoms. The first-order valence-corrected chi connectivity index (χ1v) is 6.64.